The third-order valence-electron chi connectivity index (χ3n) is 4.13. The number of rotatable bonds is 1. The van der Waals surface area contributed by atoms with Crippen LogP contribution in [0, 0.1) is 11.3 Å². The van der Waals surface area contributed by atoms with Gasteiger partial charge < -0.3 is 5.32 Å². The van der Waals surface area contributed by atoms with Crippen molar-refractivity contribution in [1.29, 1.82) is 5.26 Å². The van der Waals surface area contributed by atoms with Gasteiger partial charge in [0.15, 0.2) is 0 Å². The monoisotopic (exact) mass is 226 g/mol. The van der Waals surface area contributed by atoms with Gasteiger partial charge in [-0.05, 0) is 67.8 Å². The average Bonchev–Trinajstić information content (AvgIpc) is 2.91. The van der Waals surface area contributed by atoms with Crippen LogP contribution < -0.4 is 5.32 Å². The summed E-state index contributed by atoms with van der Waals surface area (Å²) in [6.07, 6.45) is 7.31. The zero-order valence-electron chi connectivity index (χ0n) is 10.1. The van der Waals surface area contributed by atoms with Crippen LogP contribution in [0.3, 0.4) is 0 Å². The van der Waals surface area contributed by atoms with E-state index in [1.54, 1.807) is 0 Å². The summed E-state index contributed by atoms with van der Waals surface area (Å²) in [4.78, 5) is 0. The fraction of sp³-hybridized carbons (Fsp3) is 0.533. The molecule has 2 aliphatic rings. The van der Waals surface area contributed by atoms with E-state index in [0.29, 0.717) is 6.04 Å². The molecule has 1 aromatic carbocycles. The lowest BCUT2D eigenvalue weighted by Gasteiger charge is -2.23. The predicted molar refractivity (Wildman–Crippen MR) is 67.8 cm³/mol. The summed E-state index contributed by atoms with van der Waals surface area (Å²) in [5, 5.41) is 12.8. The van der Waals surface area contributed by atoms with E-state index in [9.17, 15) is 5.26 Å². The van der Waals surface area contributed by atoms with Crippen molar-refractivity contribution in [2.45, 2.75) is 44.6 Å². The van der Waals surface area contributed by atoms with Gasteiger partial charge in [0, 0.05) is 6.04 Å². The topological polar surface area (TPSA) is 35.8 Å². The average molecular weight is 226 g/mol. The molecule has 0 amide bonds. The van der Waals surface area contributed by atoms with Gasteiger partial charge >= 0.3 is 0 Å². The van der Waals surface area contributed by atoms with E-state index in [1.807, 2.05) is 6.07 Å². The number of hydrogen-bond acceptors (Lipinski definition) is 2. The molecule has 1 fully saturated rings. The van der Waals surface area contributed by atoms with Gasteiger partial charge in [-0.15, -0.1) is 0 Å². The van der Waals surface area contributed by atoms with Crippen molar-refractivity contribution in [3.05, 3.63) is 34.4 Å². The Balaban J connectivity index is 2.07. The van der Waals surface area contributed by atoms with Gasteiger partial charge in [-0.2, -0.15) is 5.26 Å². The lowest BCUT2D eigenvalue weighted by atomic mass is 9.83. The number of hydrogen-bond donors (Lipinski definition) is 1. The molecule has 88 valence electrons. The highest BCUT2D eigenvalue weighted by Gasteiger charge is 2.23. The SMILES string of the molecule is N#Cc1ccc([C@@H]2CCCN2)c2c1CCCC2. The Morgan fingerprint density at radius 1 is 1.12 bits per heavy atom. The first-order valence-electron chi connectivity index (χ1n) is 6.68. The minimum Gasteiger partial charge on any atom is -0.310 e. The molecule has 2 heteroatoms. The van der Waals surface area contributed by atoms with Crippen LogP contribution >= 0.6 is 0 Å². The summed E-state index contributed by atoms with van der Waals surface area (Å²) < 4.78 is 0. The standard InChI is InChI=1S/C15H18N2/c16-10-11-7-8-14(15-6-3-9-17-15)13-5-2-1-4-12(11)13/h7-8,15,17H,1-6,9H2/t15-/m0/s1. The van der Waals surface area contributed by atoms with Crippen LogP contribution in [0.5, 0.6) is 0 Å². The molecule has 17 heavy (non-hydrogen) atoms. The summed E-state index contributed by atoms with van der Waals surface area (Å²) in [5.74, 6) is 0. The normalized spacial score (nSPS) is 23.1. The molecule has 1 aliphatic carbocycles. The Labute approximate surface area is 103 Å². The molecule has 0 radical (unpaired) electrons. The van der Waals surface area contributed by atoms with Crippen LogP contribution in [0.2, 0.25) is 0 Å². The summed E-state index contributed by atoms with van der Waals surface area (Å²) >= 11 is 0. The fourth-order valence-electron chi connectivity index (χ4n) is 3.28. The van der Waals surface area contributed by atoms with Crippen molar-refractivity contribution in [3.63, 3.8) is 0 Å². The first-order chi connectivity index (χ1) is 8.40. The summed E-state index contributed by atoms with van der Waals surface area (Å²) in [6.45, 7) is 1.14. The second-order valence-corrected chi connectivity index (χ2v) is 5.13. The molecule has 0 bridgehead atoms. The maximum absolute atomic E-state index is 9.18. The van der Waals surface area contributed by atoms with E-state index in [1.165, 1.54) is 48.8 Å². The molecule has 1 heterocycles. The van der Waals surface area contributed by atoms with Crippen LogP contribution in [-0.2, 0) is 12.8 Å². The summed E-state index contributed by atoms with van der Waals surface area (Å²) in [6, 6.07) is 7.10. The Hall–Kier alpha value is -1.33. The summed E-state index contributed by atoms with van der Waals surface area (Å²) in [5.41, 5.74) is 5.19. The molecule has 1 aliphatic heterocycles. The van der Waals surface area contributed by atoms with Crippen molar-refractivity contribution in [2.24, 2.45) is 0 Å². The first kappa shape index (κ1) is 10.8. The van der Waals surface area contributed by atoms with Gasteiger partial charge in [0.2, 0.25) is 0 Å². The largest absolute Gasteiger partial charge is 0.310 e. The lowest BCUT2D eigenvalue weighted by Crippen LogP contribution is -2.17. The highest BCUT2D eigenvalue weighted by atomic mass is 14.9. The molecule has 0 spiro atoms. The van der Waals surface area contributed by atoms with Crippen molar-refractivity contribution in [3.8, 4) is 6.07 Å². The van der Waals surface area contributed by atoms with Crippen molar-refractivity contribution < 1.29 is 0 Å². The zero-order valence-corrected chi connectivity index (χ0v) is 10.1. The highest BCUT2D eigenvalue weighted by molar-refractivity contribution is 5.49. The third kappa shape index (κ3) is 1.85. The molecule has 0 saturated carbocycles. The minimum atomic E-state index is 0.537. The second-order valence-electron chi connectivity index (χ2n) is 5.13. The van der Waals surface area contributed by atoms with E-state index in [2.05, 4.69) is 17.5 Å². The van der Waals surface area contributed by atoms with Gasteiger partial charge in [0.25, 0.3) is 0 Å². The fourth-order valence-corrected chi connectivity index (χ4v) is 3.28. The van der Waals surface area contributed by atoms with Gasteiger partial charge in [-0.25, -0.2) is 0 Å². The Kier molecular flexibility index (Phi) is 2.86. The number of nitriles is 1. The van der Waals surface area contributed by atoms with E-state index < -0.39 is 0 Å². The maximum Gasteiger partial charge on any atom is 0.0994 e. The molecule has 1 saturated heterocycles. The quantitative estimate of drug-likeness (QED) is 0.799. The lowest BCUT2D eigenvalue weighted by molar-refractivity contribution is 0.615. The van der Waals surface area contributed by atoms with E-state index in [4.69, 9.17) is 0 Å². The highest BCUT2D eigenvalue weighted by Crippen LogP contribution is 2.33. The molecule has 2 nitrogen and oxygen atoms in total. The molecule has 1 N–H and O–H groups in total. The van der Waals surface area contributed by atoms with Crippen LogP contribution in [0.1, 0.15) is 54.0 Å². The van der Waals surface area contributed by atoms with Crippen molar-refractivity contribution >= 4 is 0 Å². The van der Waals surface area contributed by atoms with Crippen molar-refractivity contribution in [1.82, 2.24) is 5.32 Å². The molecule has 0 aromatic heterocycles. The number of fused-ring (bicyclic) bond motifs is 1. The molecule has 0 unspecified atom stereocenters. The smallest absolute Gasteiger partial charge is 0.0994 e. The second kappa shape index (κ2) is 4.50. The predicted octanol–water partition coefficient (Wildman–Crippen LogP) is 2.86. The van der Waals surface area contributed by atoms with Crippen LogP contribution in [0.15, 0.2) is 12.1 Å². The molecular weight excluding hydrogens is 208 g/mol. The minimum absolute atomic E-state index is 0.537. The van der Waals surface area contributed by atoms with E-state index in [-0.39, 0.29) is 0 Å². The molecule has 1 atom stereocenters. The zero-order chi connectivity index (χ0) is 11.7. The molecular formula is C15H18N2. The van der Waals surface area contributed by atoms with Gasteiger partial charge in [-0.1, -0.05) is 6.07 Å². The molecule has 3 rings (SSSR count). The van der Waals surface area contributed by atoms with Crippen LogP contribution in [0.25, 0.3) is 0 Å². The summed E-state index contributed by atoms with van der Waals surface area (Å²) in [7, 11) is 0. The Morgan fingerprint density at radius 2 is 1.94 bits per heavy atom. The van der Waals surface area contributed by atoms with Gasteiger partial charge in [-0.3, -0.25) is 0 Å². The van der Waals surface area contributed by atoms with Crippen LogP contribution in [-0.4, -0.2) is 6.54 Å². The number of benzene rings is 1. The van der Waals surface area contributed by atoms with E-state index in [0.717, 1.165) is 18.5 Å². The number of nitrogens with zero attached hydrogens (tertiary/aromatic N) is 1. The van der Waals surface area contributed by atoms with Crippen molar-refractivity contribution in [2.75, 3.05) is 6.54 Å². The maximum atomic E-state index is 9.18. The third-order valence-corrected chi connectivity index (χ3v) is 4.13. The van der Waals surface area contributed by atoms with Crippen LogP contribution in [0.4, 0.5) is 0 Å². The first-order valence-corrected chi connectivity index (χ1v) is 6.68. The van der Waals surface area contributed by atoms with Gasteiger partial charge in [0.1, 0.15) is 0 Å². The van der Waals surface area contributed by atoms with E-state index >= 15 is 0 Å². The Morgan fingerprint density at radius 3 is 2.65 bits per heavy atom. The Bertz CT molecular complexity index is 465. The number of nitrogens with one attached hydrogen (secondary N) is 1. The molecule has 1 aromatic rings. The van der Waals surface area contributed by atoms with Gasteiger partial charge in [0.05, 0.1) is 11.6 Å².